The number of nitrogens with zero attached hydrogens (tertiary/aromatic N) is 1. The Morgan fingerprint density at radius 2 is 1.92 bits per heavy atom. The Balaban J connectivity index is 3.08. The lowest BCUT2D eigenvalue weighted by Gasteiger charge is -2.28. The van der Waals surface area contributed by atoms with Crippen LogP contribution in [0.4, 0.5) is 4.79 Å². The quantitative estimate of drug-likeness (QED) is 0.391. The molecular formula is C16H27IN2O5. The van der Waals surface area contributed by atoms with E-state index in [9.17, 15) is 14.4 Å². The minimum absolute atomic E-state index is 0.186. The van der Waals surface area contributed by atoms with Crippen LogP contribution in [-0.2, 0) is 19.1 Å². The van der Waals surface area contributed by atoms with Gasteiger partial charge in [0.1, 0.15) is 11.6 Å². The summed E-state index contributed by atoms with van der Waals surface area (Å²) in [4.78, 5) is 37.7. The van der Waals surface area contributed by atoms with Gasteiger partial charge in [0.2, 0.25) is 5.91 Å². The molecule has 0 aromatic carbocycles. The van der Waals surface area contributed by atoms with Crippen LogP contribution in [-0.4, -0.2) is 58.6 Å². The highest BCUT2D eigenvalue weighted by atomic mass is 127. The van der Waals surface area contributed by atoms with Crippen molar-refractivity contribution in [2.24, 2.45) is 5.92 Å². The third-order valence-corrected chi connectivity index (χ3v) is 4.54. The molecule has 24 heavy (non-hydrogen) atoms. The van der Waals surface area contributed by atoms with E-state index in [4.69, 9.17) is 9.47 Å². The van der Waals surface area contributed by atoms with E-state index < -0.39 is 23.7 Å². The smallest absolute Gasteiger partial charge is 0.411 e. The molecule has 1 aliphatic rings. The number of carbonyl (C=O) groups excluding carboxylic acids is 3. The summed E-state index contributed by atoms with van der Waals surface area (Å²) in [6, 6.07) is -1.04. The zero-order valence-corrected chi connectivity index (χ0v) is 17.1. The van der Waals surface area contributed by atoms with Crippen LogP contribution in [0.25, 0.3) is 0 Å². The van der Waals surface area contributed by atoms with E-state index in [1.165, 1.54) is 18.9 Å². The number of esters is 1. The Hall–Kier alpha value is -1.06. The topological polar surface area (TPSA) is 84.9 Å². The van der Waals surface area contributed by atoms with Crippen molar-refractivity contribution in [2.75, 3.05) is 18.1 Å². The highest BCUT2D eigenvalue weighted by Gasteiger charge is 2.49. The predicted molar refractivity (Wildman–Crippen MR) is 98.0 cm³/mol. The number of hydrogen-bond acceptors (Lipinski definition) is 5. The Morgan fingerprint density at radius 3 is 2.38 bits per heavy atom. The summed E-state index contributed by atoms with van der Waals surface area (Å²) in [6.45, 7) is 6.98. The fourth-order valence-electron chi connectivity index (χ4n) is 2.93. The number of nitrogens with one attached hydrogen (secondary N) is 1. The Kier molecular flexibility index (Phi) is 7.75. The van der Waals surface area contributed by atoms with Crippen molar-refractivity contribution in [3.63, 3.8) is 0 Å². The highest BCUT2D eigenvalue weighted by molar-refractivity contribution is 14.1. The van der Waals surface area contributed by atoms with E-state index in [0.29, 0.717) is 6.42 Å². The summed E-state index contributed by atoms with van der Waals surface area (Å²) in [5.74, 6) is -0.857. The zero-order chi connectivity index (χ0) is 18.5. The van der Waals surface area contributed by atoms with Crippen LogP contribution in [0, 0.1) is 5.92 Å². The predicted octanol–water partition coefficient (Wildman–Crippen LogP) is 2.11. The second-order valence-electron chi connectivity index (χ2n) is 6.90. The fourth-order valence-corrected chi connectivity index (χ4v) is 3.37. The minimum Gasteiger partial charge on any atom is -0.467 e. The third kappa shape index (κ3) is 5.78. The van der Waals surface area contributed by atoms with Crippen molar-refractivity contribution in [2.45, 2.75) is 58.2 Å². The van der Waals surface area contributed by atoms with Crippen LogP contribution in [0.15, 0.2) is 0 Å². The number of methoxy groups -OCH3 is 1. The van der Waals surface area contributed by atoms with Crippen molar-refractivity contribution >= 4 is 40.6 Å². The Morgan fingerprint density at radius 1 is 1.29 bits per heavy atom. The van der Waals surface area contributed by atoms with Crippen molar-refractivity contribution in [3.05, 3.63) is 0 Å². The molecule has 0 aromatic rings. The summed E-state index contributed by atoms with van der Waals surface area (Å²) in [5.41, 5.74) is -0.665. The average molecular weight is 454 g/mol. The van der Waals surface area contributed by atoms with E-state index in [-0.39, 0.29) is 24.4 Å². The monoisotopic (exact) mass is 454 g/mol. The summed E-state index contributed by atoms with van der Waals surface area (Å²) < 4.78 is 11.3. The van der Waals surface area contributed by atoms with Crippen LogP contribution in [0.5, 0.6) is 0 Å². The molecule has 138 valence electrons. The summed E-state index contributed by atoms with van der Waals surface area (Å²) in [5, 5.41) is 2.86. The van der Waals surface area contributed by atoms with Gasteiger partial charge in [-0.05, 0) is 38.0 Å². The molecule has 8 heteroatoms. The van der Waals surface area contributed by atoms with Gasteiger partial charge < -0.3 is 14.8 Å². The van der Waals surface area contributed by atoms with Crippen molar-refractivity contribution < 1.29 is 23.9 Å². The van der Waals surface area contributed by atoms with Gasteiger partial charge in [-0.25, -0.2) is 9.59 Å². The maximum absolute atomic E-state index is 12.5. The van der Waals surface area contributed by atoms with Gasteiger partial charge in [-0.1, -0.05) is 22.6 Å². The van der Waals surface area contributed by atoms with E-state index in [0.717, 1.165) is 10.8 Å². The van der Waals surface area contributed by atoms with E-state index in [2.05, 4.69) is 27.9 Å². The molecule has 0 aliphatic carbocycles. The molecule has 0 spiro atoms. The lowest BCUT2D eigenvalue weighted by atomic mass is 9.91. The highest BCUT2D eigenvalue weighted by Crippen LogP contribution is 2.31. The maximum Gasteiger partial charge on any atom is 0.411 e. The largest absolute Gasteiger partial charge is 0.467 e. The number of ether oxygens (including phenoxy) is 2. The second-order valence-corrected chi connectivity index (χ2v) is 7.98. The number of likely N-dealkylation sites (tertiary alicyclic amines) is 1. The molecule has 1 N–H and O–H groups in total. The standard InChI is InChI=1S/C16H27IN2O5/c1-10(20)18-12-9-19(15(22)24-16(2,3)4)13(14(21)23-5)11(12)7-6-8-17/h11-13H,6-9H2,1-5H3,(H,18,20)/t11-,12+,13+/m1/s1. The molecule has 0 radical (unpaired) electrons. The molecule has 3 atom stereocenters. The number of amides is 2. The van der Waals surface area contributed by atoms with Gasteiger partial charge >= 0.3 is 12.1 Å². The third-order valence-electron chi connectivity index (χ3n) is 3.78. The number of carbonyl (C=O) groups is 3. The van der Waals surface area contributed by atoms with Crippen LogP contribution >= 0.6 is 22.6 Å². The van der Waals surface area contributed by atoms with Gasteiger partial charge in [-0.3, -0.25) is 9.69 Å². The van der Waals surface area contributed by atoms with Crippen LogP contribution in [0.3, 0.4) is 0 Å². The molecule has 0 unspecified atom stereocenters. The number of rotatable bonds is 5. The van der Waals surface area contributed by atoms with Gasteiger partial charge in [0, 0.05) is 19.4 Å². The Bertz CT molecular complexity index is 478. The first kappa shape index (κ1) is 21.0. The molecule has 1 aliphatic heterocycles. The Labute approximate surface area is 156 Å². The van der Waals surface area contributed by atoms with Gasteiger partial charge in [-0.15, -0.1) is 0 Å². The summed E-state index contributed by atoms with van der Waals surface area (Å²) in [6.07, 6.45) is 1.04. The zero-order valence-electron chi connectivity index (χ0n) is 14.9. The molecule has 1 saturated heterocycles. The molecule has 0 bridgehead atoms. The summed E-state index contributed by atoms with van der Waals surface area (Å²) >= 11 is 2.27. The maximum atomic E-state index is 12.5. The number of halogens is 1. The molecule has 0 aromatic heterocycles. The first-order chi connectivity index (χ1) is 11.1. The van der Waals surface area contributed by atoms with Crippen LogP contribution < -0.4 is 5.32 Å². The minimum atomic E-state index is -0.746. The van der Waals surface area contributed by atoms with Crippen molar-refractivity contribution in [1.29, 1.82) is 0 Å². The average Bonchev–Trinajstić information content (AvgIpc) is 2.80. The first-order valence-corrected chi connectivity index (χ1v) is 9.53. The second kappa shape index (κ2) is 8.87. The van der Waals surface area contributed by atoms with Gasteiger partial charge in [0.15, 0.2) is 0 Å². The van der Waals surface area contributed by atoms with Crippen LogP contribution in [0.2, 0.25) is 0 Å². The molecule has 2 amide bonds. The number of hydrogen-bond donors (Lipinski definition) is 1. The lowest BCUT2D eigenvalue weighted by Crippen LogP contribution is -2.46. The van der Waals surface area contributed by atoms with Gasteiger partial charge in [0.25, 0.3) is 0 Å². The summed E-state index contributed by atoms with van der Waals surface area (Å²) in [7, 11) is 1.30. The molecule has 1 fully saturated rings. The van der Waals surface area contributed by atoms with E-state index >= 15 is 0 Å². The lowest BCUT2D eigenvalue weighted by molar-refractivity contribution is -0.147. The van der Waals surface area contributed by atoms with E-state index in [1.807, 2.05) is 0 Å². The molecule has 0 saturated carbocycles. The van der Waals surface area contributed by atoms with Crippen molar-refractivity contribution in [1.82, 2.24) is 10.2 Å². The van der Waals surface area contributed by atoms with Gasteiger partial charge in [0.05, 0.1) is 13.2 Å². The van der Waals surface area contributed by atoms with Gasteiger partial charge in [-0.2, -0.15) is 0 Å². The SMILES string of the molecule is COC(=O)[C@@H]1[C@H](CCCI)[C@@H](NC(C)=O)CN1C(=O)OC(C)(C)C. The molecular weight excluding hydrogens is 427 g/mol. The molecule has 7 nitrogen and oxygen atoms in total. The van der Waals surface area contributed by atoms with E-state index in [1.54, 1.807) is 20.8 Å². The molecule has 1 heterocycles. The normalized spacial score (nSPS) is 23.8. The fraction of sp³-hybridized carbons (Fsp3) is 0.812. The first-order valence-electron chi connectivity index (χ1n) is 8.01. The molecule has 1 rings (SSSR count). The van der Waals surface area contributed by atoms with Crippen LogP contribution in [0.1, 0.15) is 40.5 Å². The van der Waals surface area contributed by atoms with Crippen molar-refractivity contribution in [3.8, 4) is 0 Å². The number of alkyl halides is 1.